The summed E-state index contributed by atoms with van der Waals surface area (Å²) in [7, 11) is 0. The zero-order valence-electron chi connectivity index (χ0n) is 14.0. The fraction of sp³-hybridized carbons (Fsp3) is 0.471. The highest BCUT2D eigenvalue weighted by Crippen LogP contribution is 2.30. The Bertz CT molecular complexity index is 735. The summed E-state index contributed by atoms with van der Waals surface area (Å²) >= 11 is 0. The summed E-state index contributed by atoms with van der Waals surface area (Å²) in [4.78, 5) is 25.9. The largest absolute Gasteiger partial charge is 0.396 e. The number of nitrogens with zero attached hydrogens (tertiary/aromatic N) is 1. The molecule has 0 radical (unpaired) electrons. The van der Waals surface area contributed by atoms with E-state index < -0.39 is 4.92 Å². The third kappa shape index (κ3) is 3.56. The molecule has 1 aromatic carbocycles. The van der Waals surface area contributed by atoms with Crippen LogP contribution in [0.1, 0.15) is 43.5 Å². The summed E-state index contributed by atoms with van der Waals surface area (Å²) < 4.78 is 0. The van der Waals surface area contributed by atoms with E-state index in [0.717, 1.165) is 12.8 Å². The van der Waals surface area contributed by atoms with Gasteiger partial charge in [0.15, 0.2) is 0 Å². The van der Waals surface area contributed by atoms with Crippen LogP contribution in [-0.4, -0.2) is 34.1 Å². The number of amides is 1. The van der Waals surface area contributed by atoms with Crippen molar-refractivity contribution in [3.05, 3.63) is 40.1 Å². The predicted molar refractivity (Wildman–Crippen MR) is 92.0 cm³/mol. The SMILES string of the molecule is CCC(CC)(CCO)CNC(=O)c1c[nH]c2ccc([N+](=O)[O-])cc12. The predicted octanol–water partition coefficient (Wildman–Crippen LogP) is 2.99. The van der Waals surface area contributed by atoms with Gasteiger partial charge in [0.2, 0.25) is 0 Å². The molecule has 0 spiro atoms. The van der Waals surface area contributed by atoms with Gasteiger partial charge in [-0.1, -0.05) is 13.8 Å². The minimum absolute atomic E-state index is 0.0482. The highest BCUT2D eigenvalue weighted by Gasteiger charge is 2.26. The van der Waals surface area contributed by atoms with E-state index in [2.05, 4.69) is 10.3 Å². The van der Waals surface area contributed by atoms with Crippen molar-refractivity contribution in [1.82, 2.24) is 10.3 Å². The Morgan fingerprint density at radius 1 is 1.38 bits per heavy atom. The molecule has 0 fully saturated rings. The molecule has 24 heavy (non-hydrogen) atoms. The molecule has 1 aromatic heterocycles. The Labute approximate surface area is 140 Å². The van der Waals surface area contributed by atoms with E-state index in [1.54, 1.807) is 12.3 Å². The molecule has 130 valence electrons. The summed E-state index contributed by atoms with van der Waals surface area (Å²) in [6, 6.07) is 4.40. The van der Waals surface area contributed by atoms with E-state index in [4.69, 9.17) is 0 Å². The highest BCUT2D eigenvalue weighted by atomic mass is 16.6. The van der Waals surface area contributed by atoms with E-state index in [1.807, 2.05) is 13.8 Å². The third-order valence-electron chi connectivity index (χ3n) is 4.89. The second-order valence-electron chi connectivity index (χ2n) is 6.05. The number of nitro benzene ring substituents is 1. The van der Waals surface area contributed by atoms with Crippen molar-refractivity contribution in [3.63, 3.8) is 0 Å². The lowest BCUT2D eigenvalue weighted by Crippen LogP contribution is -2.37. The average Bonchev–Trinajstić information content (AvgIpc) is 3.01. The quantitative estimate of drug-likeness (QED) is 0.509. The van der Waals surface area contributed by atoms with Gasteiger partial charge in [-0.2, -0.15) is 0 Å². The molecule has 7 nitrogen and oxygen atoms in total. The topological polar surface area (TPSA) is 108 Å². The van der Waals surface area contributed by atoms with E-state index in [9.17, 15) is 20.0 Å². The maximum Gasteiger partial charge on any atom is 0.270 e. The van der Waals surface area contributed by atoms with Gasteiger partial charge in [-0.05, 0) is 30.7 Å². The Hall–Kier alpha value is -2.41. The van der Waals surface area contributed by atoms with Gasteiger partial charge in [0, 0.05) is 42.4 Å². The van der Waals surface area contributed by atoms with Crippen molar-refractivity contribution in [2.45, 2.75) is 33.1 Å². The van der Waals surface area contributed by atoms with Crippen LogP contribution in [-0.2, 0) is 0 Å². The van der Waals surface area contributed by atoms with Gasteiger partial charge in [-0.3, -0.25) is 14.9 Å². The number of aromatic amines is 1. The van der Waals surface area contributed by atoms with E-state index in [-0.39, 0.29) is 23.6 Å². The van der Waals surface area contributed by atoms with Crippen LogP contribution in [0.15, 0.2) is 24.4 Å². The number of aliphatic hydroxyl groups is 1. The van der Waals surface area contributed by atoms with Crippen LogP contribution < -0.4 is 5.32 Å². The molecule has 0 saturated carbocycles. The second-order valence-corrected chi connectivity index (χ2v) is 6.05. The molecular weight excluding hydrogens is 310 g/mol. The minimum Gasteiger partial charge on any atom is -0.396 e. The van der Waals surface area contributed by atoms with Crippen LogP contribution in [0.3, 0.4) is 0 Å². The van der Waals surface area contributed by atoms with Crippen molar-refractivity contribution in [1.29, 1.82) is 0 Å². The standard InChI is InChI=1S/C17H23N3O4/c1-3-17(4-2,7-8-21)11-19-16(22)14-10-18-15-6-5-12(20(23)24)9-13(14)15/h5-6,9-10,18,21H,3-4,7-8,11H2,1-2H3,(H,19,22). The van der Waals surface area contributed by atoms with Crippen molar-refractivity contribution >= 4 is 22.5 Å². The number of benzene rings is 1. The number of fused-ring (bicyclic) bond motifs is 1. The minimum atomic E-state index is -0.478. The number of carbonyl (C=O) groups excluding carboxylic acids is 1. The molecule has 0 bridgehead atoms. The molecule has 0 atom stereocenters. The van der Waals surface area contributed by atoms with Crippen LogP contribution >= 0.6 is 0 Å². The summed E-state index contributed by atoms with van der Waals surface area (Å²) in [5.74, 6) is -0.272. The molecule has 0 unspecified atom stereocenters. The van der Waals surface area contributed by atoms with Gasteiger partial charge >= 0.3 is 0 Å². The third-order valence-corrected chi connectivity index (χ3v) is 4.89. The smallest absolute Gasteiger partial charge is 0.270 e. The number of nitrogens with one attached hydrogen (secondary N) is 2. The average molecular weight is 333 g/mol. The number of rotatable bonds is 8. The Balaban J connectivity index is 2.22. The van der Waals surface area contributed by atoms with Crippen LogP contribution in [0.25, 0.3) is 10.9 Å². The molecule has 7 heteroatoms. The first kappa shape index (κ1) is 17.9. The van der Waals surface area contributed by atoms with Gasteiger partial charge in [-0.25, -0.2) is 0 Å². The Morgan fingerprint density at radius 2 is 2.08 bits per heavy atom. The monoisotopic (exact) mass is 333 g/mol. The van der Waals surface area contributed by atoms with Crippen molar-refractivity contribution in [3.8, 4) is 0 Å². The van der Waals surface area contributed by atoms with Crippen molar-refractivity contribution in [2.75, 3.05) is 13.2 Å². The lowest BCUT2D eigenvalue weighted by atomic mass is 9.79. The zero-order chi connectivity index (χ0) is 17.7. The number of aliphatic hydroxyl groups excluding tert-OH is 1. The van der Waals surface area contributed by atoms with E-state index in [1.165, 1.54) is 12.1 Å². The van der Waals surface area contributed by atoms with E-state index in [0.29, 0.717) is 29.4 Å². The van der Waals surface area contributed by atoms with E-state index >= 15 is 0 Å². The van der Waals surface area contributed by atoms with Gasteiger partial charge in [-0.15, -0.1) is 0 Å². The summed E-state index contributed by atoms with van der Waals surface area (Å²) in [6.07, 6.45) is 3.89. The van der Waals surface area contributed by atoms with Gasteiger partial charge in [0.25, 0.3) is 11.6 Å². The molecular formula is C17H23N3O4. The molecule has 2 rings (SSSR count). The fourth-order valence-corrected chi connectivity index (χ4v) is 2.95. The van der Waals surface area contributed by atoms with Crippen molar-refractivity contribution in [2.24, 2.45) is 5.41 Å². The summed E-state index contributed by atoms with van der Waals surface area (Å²) in [6.45, 7) is 4.62. The zero-order valence-corrected chi connectivity index (χ0v) is 14.0. The number of nitro groups is 1. The Kier molecular flexibility index (Phi) is 5.56. The van der Waals surface area contributed by atoms with Crippen LogP contribution in [0.2, 0.25) is 0 Å². The fourth-order valence-electron chi connectivity index (χ4n) is 2.95. The maximum absolute atomic E-state index is 12.5. The first-order chi connectivity index (χ1) is 11.5. The number of hydrogen-bond acceptors (Lipinski definition) is 4. The molecule has 3 N–H and O–H groups in total. The molecule has 0 aliphatic heterocycles. The van der Waals surface area contributed by atoms with Crippen molar-refractivity contribution < 1.29 is 14.8 Å². The number of H-pyrrole nitrogens is 1. The first-order valence-corrected chi connectivity index (χ1v) is 8.11. The number of non-ortho nitro benzene ring substituents is 1. The van der Waals surface area contributed by atoms with Crippen LogP contribution in [0.5, 0.6) is 0 Å². The van der Waals surface area contributed by atoms with Gasteiger partial charge in [0.1, 0.15) is 0 Å². The maximum atomic E-state index is 12.5. The van der Waals surface area contributed by atoms with Gasteiger partial charge in [0.05, 0.1) is 10.5 Å². The first-order valence-electron chi connectivity index (χ1n) is 8.11. The van der Waals surface area contributed by atoms with Crippen LogP contribution in [0.4, 0.5) is 5.69 Å². The highest BCUT2D eigenvalue weighted by molar-refractivity contribution is 6.07. The lowest BCUT2D eigenvalue weighted by Gasteiger charge is -2.31. The molecule has 0 saturated heterocycles. The second kappa shape index (κ2) is 7.44. The molecule has 1 amide bonds. The van der Waals surface area contributed by atoms with Gasteiger partial charge < -0.3 is 15.4 Å². The normalized spacial score (nSPS) is 11.6. The number of carbonyl (C=O) groups is 1. The lowest BCUT2D eigenvalue weighted by molar-refractivity contribution is -0.384. The summed E-state index contributed by atoms with van der Waals surface area (Å²) in [5, 5.41) is 23.6. The Morgan fingerprint density at radius 3 is 2.67 bits per heavy atom. The molecule has 0 aliphatic rings. The molecule has 2 aromatic rings. The number of hydrogen-bond donors (Lipinski definition) is 3. The number of aromatic nitrogens is 1. The molecule has 0 aliphatic carbocycles. The molecule has 1 heterocycles. The summed E-state index contributed by atoms with van der Waals surface area (Å²) in [5.41, 5.74) is 0.882. The van der Waals surface area contributed by atoms with Crippen LogP contribution in [0, 0.1) is 15.5 Å².